The van der Waals surface area contributed by atoms with Gasteiger partial charge in [0.1, 0.15) is 5.15 Å². The van der Waals surface area contributed by atoms with Crippen molar-refractivity contribution in [1.29, 1.82) is 0 Å². The monoisotopic (exact) mass is 286 g/mol. The van der Waals surface area contributed by atoms with Crippen LogP contribution in [-0.4, -0.2) is 28.3 Å². The first-order valence-electron chi connectivity index (χ1n) is 6.52. The Morgan fingerprint density at radius 2 is 2.05 bits per heavy atom. The van der Waals surface area contributed by atoms with E-state index in [0.29, 0.717) is 24.2 Å². The van der Waals surface area contributed by atoms with Crippen molar-refractivity contribution in [2.75, 3.05) is 6.54 Å². The highest BCUT2D eigenvalue weighted by Gasteiger charge is 2.15. The summed E-state index contributed by atoms with van der Waals surface area (Å²) in [5, 5.41) is 10.9. The molecule has 1 rings (SSSR count). The zero-order chi connectivity index (χ0) is 14.6. The Hall–Kier alpha value is -1.07. The van der Waals surface area contributed by atoms with E-state index in [2.05, 4.69) is 29.6 Å². The SMILES string of the molecule is Cc1nn(C)c(Cl)c1CNC(C)C(=O)NCC(C)C. The fraction of sp³-hybridized carbons (Fsp3) is 0.692. The van der Waals surface area contributed by atoms with Crippen LogP contribution in [0, 0.1) is 12.8 Å². The minimum atomic E-state index is -0.255. The number of halogens is 1. The van der Waals surface area contributed by atoms with E-state index in [0.717, 1.165) is 11.3 Å². The molecule has 0 saturated heterocycles. The lowest BCUT2D eigenvalue weighted by atomic mass is 10.2. The normalized spacial score (nSPS) is 12.8. The highest BCUT2D eigenvalue weighted by molar-refractivity contribution is 6.30. The van der Waals surface area contributed by atoms with Crippen LogP contribution in [0.4, 0.5) is 0 Å². The average Bonchev–Trinajstić information content (AvgIpc) is 2.58. The number of rotatable bonds is 6. The smallest absolute Gasteiger partial charge is 0.236 e. The fourth-order valence-electron chi connectivity index (χ4n) is 1.68. The van der Waals surface area contributed by atoms with Gasteiger partial charge in [0.05, 0.1) is 11.7 Å². The predicted octanol–water partition coefficient (Wildman–Crippen LogP) is 1.63. The molecule has 5 nitrogen and oxygen atoms in total. The molecule has 108 valence electrons. The number of amides is 1. The number of nitrogens with zero attached hydrogens (tertiary/aromatic N) is 2. The van der Waals surface area contributed by atoms with Gasteiger partial charge < -0.3 is 10.6 Å². The maximum absolute atomic E-state index is 11.8. The van der Waals surface area contributed by atoms with Crippen LogP contribution < -0.4 is 10.6 Å². The standard InChI is InChI=1S/C13H23ClN4O/c1-8(2)6-16-13(19)10(4)15-7-11-9(3)17-18(5)12(11)14/h8,10,15H,6-7H2,1-5H3,(H,16,19). The maximum atomic E-state index is 11.8. The van der Waals surface area contributed by atoms with Crippen molar-refractivity contribution in [3.05, 3.63) is 16.4 Å². The van der Waals surface area contributed by atoms with Gasteiger partial charge in [-0.05, 0) is 19.8 Å². The number of carbonyl (C=O) groups is 1. The molecule has 0 spiro atoms. The molecule has 0 radical (unpaired) electrons. The Bertz CT molecular complexity index is 442. The summed E-state index contributed by atoms with van der Waals surface area (Å²) < 4.78 is 1.64. The Labute approximate surface area is 119 Å². The molecule has 0 bridgehead atoms. The van der Waals surface area contributed by atoms with Gasteiger partial charge in [-0.1, -0.05) is 25.4 Å². The number of hydrogen-bond donors (Lipinski definition) is 2. The van der Waals surface area contributed by atoms with E-state index in [-0.39, 0.29) is 11.9 Å². The van der Waals surface area contributed by atoms with Gasteiger partial charge in [-0.25, -0.2) is 0 Å². The average molecular weight is 287 g/mol. The predicted molar refractivity (Wildman–Crippen MR) is 77.1 cm³/mol. The van der Waals surface area contributed by atoms with Crippen molar-refractivity contribution in [3.63, 3.8) is 0 Å². The maximum Gasteiger partial charge on any atom is 0.236 e. The van der Waals surface area contributed by atoms with Gasteiger partial charge in [0.2, 0.25) is 5.91 Å². The summed E-state index contributed by atoms with van der Waals surface area (Å²) in [6, 6.07) is -0.255. The van der Waals surface area contributed by atoms with Gasteiger partial charge in [0.25, 0.3) is 0 Å². The van der Waals surface area contributed by atoms with Crippen molar-refractivity contribution >= 4 is 17.5 Å². The van der Waals surface area contributed by atoms with Gasteiger partial charge in [0, 0.05) is 25.7 Å². The third-order valence-electron chi connectivity index (χ3n) is 2.93. The van der Waals surface area contributed by atoms with Crippen LogP contribution in [0.3, 0.4) is 0 Å². The van der Waals surface area contributed by atoms with E-state index < -0.39 is 0 Å². The molecular formula is C13H23ClN4O. The number of nitrogens with one attached hydrogen (secondary N) is 2. The summed E-state index contributed by atoms with van der Waals surface area (Å²) in [4.78, 5) is 11.8. The lowest BCUT2D eigenvalue weighted by molar-refractivity contribution is -0.122. The van der Waals surface area contributed by atoms with Crippen molar-refractivity contribution in [2.24, 2.45) is 13.0 Å². The second-order valence-electron chi connectivity index (χ2n) is 5.22. The van der Waals surface area contributed by atoms with Crippen molar-refractivity contribution in [2.45, 2.75) is 40.3 Å². The van der Waals surface area contributed by atoms with E-state index in [4.69, 9.17) is 11.6 Å². The van der Waals surface area contributed by atoms with E-state index in [1.807, 2.05) is 13.8 Å². The highest BCUT2D eigenvalue weighted by atomic mass is 35.5. The molecule has 0 aliphatic heterocycles. The van der Waals surface area contributed by atoms with Crippen LogP contribution in [0.5, 0.6) is 0 Å². The second kappa shape index (κ2) is 6.91. The quantitative estimate of drug-likeness (QED) is 0.836. The summed E-state index contributed by atoms with van der Waals surface area (Å²) >= 11 is 6.14. The van der Waals surface area contributed by atoms with Gasteiger partial charge in [-0.3, -0.25) is 9.48 Å². The van der Waals surface area contributed by atoms with E-state index >= 15 is 0 Å². The Kier molecular flexibility index (Phi) is 5.82. The van der Waals surface area contributed by atoms with Crippen LogP contribution in [0.15, 0.2) is 0 Å². The minimum Gasteiger partial charge on any atom is -0.354 e. The molecule has 0 aliphatic rings. The number of aromatic nitrogens is 2. The van der Waals surface area contributed by atoms with E-state index in [1.54, 1.807) is 11.7 Å². The first-order chi connectivity index (χ1) is 8.82. The van der Waals surface area contributed by atoms with E-state index in [1.165, 1.54) is 0 Å². The van der Waals surface area contributed by atoms with Crippen molar-refractivity contribution in [1.82, 2.24) is 20.4 Å². The molecule has 1 aromatic rings. The molecule has 2 N–H and O–H groups in total. The lowest BCUT2D eigenvalue weighted by Gasteiger charge is -2.15. The molecule has 0 saturated carbocycles. The zero-order valence-corrected chi connectivity index (χ0v) is 13.0. The van der Waals surface area contributed by atoms with Gasteiger partial charge in [-0.2, -0.15) is 5.10 Å². The zero-order valence-electron chi connectivity index (χ0n) is 12.2. The third-order valence-corrected chi connectivity index (χ3v) is 3.41. The molecule has 1 aromatic heterocycles. The summed E-state index contributed by atoms with van der Waals surface area (Å²) in [5.74, 6) is 0.456. The largest absolute Gasteiger partial charge is 0.354 e. The van der Waals surface area contributed by atoms with Gasteiger partial charge >= 0.3 is 0 Å². The lowest BCUT2D eigenvalue weighted by Crippen LogP contribution is -2.43. The molecule has 0 aliphatic carbocycles. The molecule has 0 fully saturated rings. The van der Waals surface area contributed by atoms with Crippen LogP contribution in [0.1, 0.15) is 32.0 Å². The van der Waals surface area contributed by atoms with Crippen molar-refractivity contribution < 1.29 is 4.79 Å². The molecule has 1 amide bonds. The molecule has 1 atom stereocenters. The first kappa shape index (κ1) is 16.0. The highest BCUT2D eigenvalue weighted by Crippen LogP contribution is 2.18. The van der Waals surface area contributed by atoms with Crippen LogP contribution in [-0.2, 0) is 18.4 Å². The Balaban J connectivity index is 2.49. The van der Waals surface area contributed by atoms with Crippen molar-refractivity contribution in [3.8, 4) is 0 Å². The van der Waals surface area contributed by atoms with Crippen LogP contribution >= 0.6 is 11.6 Å². The van der Waals surface area contributed by atoms with Crippen LogP contribution in [0.25, 0.3) is 0 Å². The molecule has 1 heterocycles. The Morgan fingerprint density at radius 1 is 1.42 bits per heavy atom. The number of carbonyl (C=O) groups excluding carboxylic acids is 1. The summed E-state index contributed by atoms with van der Waals surface area (Å²) in [5.41, 5.74) is 1.82. The minimum absolute atomic E-state index is 0.00589. The topological polar surface area (TPSA) is 59.0 Å². The third kappa shape index (κ3) is 4.51. The number of aryl methyl sites for hydroxylation is 2. The molecule has 0 aromatic carbocycles. The molecule has 1 unspecified atom stereocenters. The van der Waals surface area contributed by atoms with Gasteiger partial charge in [-0.15, -0.1) is 0 Å². The molecular weight excluding hydrogens is 264 g/mol. The van der Waals surface area contributed by atoms with Gasteiger partial charge in [0.15, 0.2) is 0 Å². The molecule has 19 heavy (non-hydrogen) atoms. The second-order valence-corrected chi connectivity index (χ2v) is 5.58. The summed E-state index contributed by atoms with van der Waals surface area (Å²) in [6.07, 6.45) is 0. The van der Waals surface area contributed by atoms with E-state index in [9.17, 15) is 4.79 Å². The summed E-state index contributed by atoms with van der Waals surface area (Å²) in [6.45, 7) is 9.11. The Morgan fingerprint density at radius 3 is 2.53 bits per heavy atom. The first-order valence-corrected chi connectivity index (χ1v) is 6.89. The van der Waals surface area contributed by atoms with Crippen LogP contribution in [0.2, 0.25) is 5.15 Å². The molecule has 6 heteroatoms. The fourth-order valence-corrected chi connectivity index (χ4v) is 1.92. The summed E-state index contributed by atoms with van der Waals surface area (Å²) in [7, 11) is 1.80. The number of hydrogen-bond acceptors (Lipinski definition) is 3.